The van der Waals surface area contributed by atoms with Crippen molar-refractivity contribution in [3.05, 3.63) is 89.5 Å². The van der Waals surface area contributed by atoms with Crippen LogP contribution in [0, 0.1) is 0 Å². The number of methoxy groups -OCH3 is 2. The minimum atomic E-state index is -0.172. The number of aliphatic hydroxyl groups is 1. The standard InChI is InChI=1S/C35H48O7/c1-38-26-41-30-18-16-29(17-19-30)34(24-36)32(33-21-20-31(23-35(33)37)42-27-39-2)15-11-6-4-3-5-7-12-22-40-25-28-13-9-8-10-14-28/h8-10,13-14,16-21,23,32,34,36-37H,3-7,11-12,15,22,24-27H2,1-2H3. The Kier molecular flexibility index (Phi) is 15.8. The molecule has 2 N–H and O–H groups in total. The van der Waals surface area contributed by atoms with E-state index in [2.05, 4.69) is 12.1 Å². The fourth-order valence-electron chi connectivity index (χ4n) is 5.25. The van der Waals surface area contributed by atoms with E-state index in [9.17, 15) is 10.2 Å². The van der Waals surface area contributed by atoms with Crippen molar-refractivity contribution in [3.8, 4) is 17.2 Å². The largest absolute Gasteiger partial charge is 0.508 e. The highest BCUT2D eigenvalue weighted by Gasteiger charge is 2.27. The second-order valence-corrected chi connectivity index (χ2v) is 10.6. The fourth-order valence-corrected chi connectivity index (χ4v) is 5.25. The third-order valence-corrected chi connectivity index (χ3v) is 7.49. The zero-order valence-electron chi connectivity index (χ0n) is 25.2. The van der Waals surface area contributed by atoms with Crippen molar-refractivity contribution in [2.24, 2.45) is 0 Å². The van der Waals surface area contributed by atoms with Gasteiger partial charge in [-0.15, -0.1) is 0 Å². The molecule has 0 aliphatic rings. The number of phenols is 1. The van der Waals surface area contributed by atoms with Gasteiger partial charge in [0.05, 0.1) is 13.2 Å². The summed E-state index contributed by atoms with van der Waals surface area (Å²) in [7, 11) is 3.14. The molecule has 0 aliphatic heterocycles. The zero-order valence-corrected chi connectivity index (χ0v) is 25.2. The van der Waals surface area contributed by atoms with Crippen molar-refractivity contribution < 1.29 is 33.9 Å². The van der Waals surface area contributed by atoms with Gasteiger partial charge in [-0.25, -0.2) is 0 Å². The average molecular weight is 581 g/mol. The van der Waals surface area contributed by atoms with E-state index in [0.717, 1.165) is 43.4 Å². The van der Waals surface area contributed by atoms with Gasteiger partial charge in [-0.3, -0.25) is 0 Å². The molecule has 0 aliphatic carbocycles. The molecule has 0 spiro atoms. The van der Waals surface area contributed by atoms with Crippen LogP contribution >= 0.6 is 0 Å². The molecule has 0 aromatic heterocycles. The Hall–Kier alpha value is -3.10. The molecular formula is C35H48O7. The normalized spacial score (nSPS) is 12.6. The number of hydrogen-bond donors (Lipinski definition) is 2. The molecule has 0 fully saturated rings. The number of rotatable bonds is 22. The van der Waals surface area contributed by atoms with Gasteiger partial charge in [-0.05, 0) is 53.6 Å². The molecular weight excluding hydrogens is 532 g/mol. The number of benzene rings is 3. The van der Waals surface area contributed by atoms with Gasteiger partial charge in [0.2, 0.25) is 0 Å². The first-order valence-corrected chi connectivity index (χ1v) is 15.0. The Balaban J connectivity index is 1.51. The van der Waals surface area contributed by atoms with Gasteiger partial charge < -0.3 is 33.9 Å². The van der Waals surface area contributed by atoms with Crippen LogP contribution in [-0.2, 0) is 20.8 Å². The van der Waals surface area contributed by atoms with Crippen molar-refractivity contribution in [1.29, 1.82) is 0 Å². The molecule has 230 valence electrons. The average Bonchev–Trinajstić information content (AvgIpc) is 3.02. The molecule has 0 saturated carbocycles. The SMILES string of the molecule is COCOc1ccc(C(CO)C(CCCCCCCCCOCc2ccccc2)c2ccc(OCOC)cc2O)cc1. The van der Waals surface area contributed by atoms with Crippen molar-refractivity contribution >= 4 is 0 Å². The van der Waals surface area contributed by atoms with Gasteiger partial charge >= 0.3 is 0 Å². The summed E-state index contributed by atoms with van der Waals surface area (Å²) in [6, 6.07) is 23.4. The first kappa shape index (κ1) is 33.4. The number of aromatic hydroxyl groups is 1. The summed E-state index contributed by atoms with van der Waals surface area (Å²) in [5, 5.41) is 21.5. The van der Waals surface area contributed by atoms with Crippen LogP contribution in [0.15, 0.2) is 72.8 Å². The monoisotopic (exact) mass is 580 g/mol. The molecule has 3 rings (SSSR count). The topological polar surface area (TPSA) is 86.6 Å². The fraction of sp³-hybridized carbons (Fsp3) is 0.486. The maximum absolute atomic E-state index is 11.0. The molecule has 2 unspecified atom stereocenters. The number of aliphatic hydroxyl groups excluding tert-OH is 1. The van der Waals surface area contributed by atoms with Gasteiger partial charge in [-0.1, -0.05) is 87.1 Å². The molecule has 7 nitrogen and oxygen atoms in total. The van der Waals surface area contributed by atoms with E-state index >= 15 is 0 Å². The third kappa shape index (κ3) is 11.6. The van der Waals surface area contributed by atoms with Crippen LogP contribution in [-0.4, -0.2) is 51.2 Å². The van der Waals surface area contributed by atoms with Gasteiger partial charge in [0.15, 0.2) is 13.6 Å². The van der Waals surface area contributed by atoms with Crippen LogP contribution in [0.2, 0.25) is 0 Å². The van der Waals surface area contributed by atoms with Crippen LogP contribution < -0.4 is 9.47 Å². The predicted molar refractivity (Wildman–Crippen MR) is 165 cm³/mol. The number of unbranched alkanes of at least 4 members (excludes halogenated alkanes) is 6. The van der Waals surface area contributed by atoms with Crippen molar-refractivity contribution in [2.45, 2.75) is 69.8 Å². The Morgan fingerprint density at radius 1 is 0.667 bits per heavy atom. The van der Waals surface area contributed by atoms with Crippen LogP contribution in [0.3, 0.4) is 0 Å². The highest BCUT2D eigenvalue weighted by atomic mass is 16.7. The van der Waals surface area contributed by atoms with Crippen LogP contribution in [0.5, 0.6) is 17.2 Å². The van der Waals surface area contributed by atoms with E-state index < -0.39 is 0 Å². The number of phenolic OH excluding ortho intramolecular Hbond substituents is 1. The van der Waals surface area contributed by atoms with E-state index in [1.54, 1.807) is 20.3 Å². The van der Waals surface area contributed by atoms with Crippen LogP contribution in [0.25, 0.3) is 0 Å². The molecule has 2 atom stereocenters. The van der Waals surface area contributed by atoms with E-state index in [-0.39, 0.29) is 37.8 Å². The number of ether oxygens (including phenoxy) is 5. The van der Waals surface area contributed by atoms with E-state index in [1.165, 1.54) is 31.2 Å². The van der Waals surface area contributed by atoms with E-state index in [0.29, 0.717) is 18.1 Å². The van der Waals surface area contributed by atoms with Gasteiger partial charge in [-0.2, -0.15) is 0 Å². The van der Waals surface area contributed by atoms with Gasteiger partial charge in [0.25, 0.3) is 0 Å². The Labute approximate surface area is 251 Å². The number of hydrogen-bond acceptors (Lipinski definition) is 7. The van der Waals surface area contributed by atoms with Gasteiger partial charge in [0, 0.05) is 32.8 Å². The van der Waals surface area contributed by atoms with Crippen molar-refractivity contribution in [3.63, 3.8) is 0 Å². The maximum atomic E-state index is 11.0. The second kappa shape index (κ2) is 19.9. The quantitative estimate of drug-likeness (QED) is 0.0937. The highest BCUT2D eigenvalue weighted by molar-refractivity contribution is 5.44. The van der Waals surface area contributed by atoms with Crippen LogP contribution in [0.1, 0.15) is 79.9 Å². The molecule has 3 aromatic rings. The summed E-state index contributed by atoms with van der Waals surface area (Å²) in [6.07, 6.45) is 8.82. The highest BCUT2D eigenvalue weighted by Crippen LogP contribution is 2.42. The third-order valence-electron chi connectivity index (χ3n) is 7.49. The summed E-state index contributed by atoms with van der Waals surface area (Å²) >= 11 is 0. The Bertz CT molecular complexity index is 1100. The van der Waals surface area contributed by atoms with Gasteiger partial charge in [0.1, 0.15) is 17.2 Å². The van der Waals surface area contributed by atoms with E-state index in [4.69, 9.17) is 23.7 Å². The second-order valence-electron chi connectivity index (χ2n) is 10.6. The summed E-state index contributed by atoms with van der Waals surface area (Å²) in [6.45, 7) is 1.74. The first-order valence-electron chi connectivity index (χ1n) is 15.0. The minimum Gasteiger partial charge on any atom is -0.508 e. The van der Waals surface area contributed by atoms with E-state index in [1.807, 2.05) is 54.6 Å². The predicted octanol–water partition coefficient (Wildman–Crippen LogP) is 7.55. The molecule has 3 aromatic carbocycles. The molecule has 0 heterocycles. The Morgan fingerprint density at radius 2 is 1.29 bits per heavy atom. The lowest BCUT2D eigenvalue weighted by molar-refractivity contribution is 0.0508. The summed E-state index contributed by atoms with van der Waals surface area (Å²) in [5.74, 6) is 1.19. The maximum Gasteiger partial charge on any atom is 0.188 e. The Morgan fingerprint density at radius 3 is 1.93 bits per heavy atom. The molecule has 0 saturated heterocycles. The lowest BCUT2D eigenvalue weighted by Crippen LogP contribution is -2.16. The first-order chi connectivity index (χ1) is 20.7. The lowest BCUT2D eigenvalue weighted by atomic mass is 9.78. The summed E-state index contributed by atoms with van der Waals surface area (Å²) in [4.78, 5) is 0. The minimum absolute atomic E-state index is 0.0311. The van der Waals surface area contributed by atoms with Crippen LogP contribution in [0.4, 0.5) is 0 Å². The summed E-state index contributed by atoms with van der Waals surface area (Å²) < 4.78 is 26.8. The molecule has 0 bridgehead atoms. The van der Waals surface area contributed by atoms with Crippen molar-refractivity contribution in [1.82, 2.24) is 0 Å². The van der Waals surface area contributed by atoms with Crippen molar-refractivity contribution in [2.75, 3.05) is 41.0 Å². The lowest BCUT2D eigenvalue weighted by Gasteiger charge is -2.28. The summed E-state index contributed by atoms with van der Waals surface area (Å²) in [5.41, 5.74) is 3.03. The molecule has 0 amide bonds. The molecule has 42 heavy (non-hydrogen) atoms. The molecule has 0 radical (unpaired) electrons. The zero-order chi connectivity index (χ0) is 29.8. The smallest absolute Gasteiger partial charge is 0.188 e. The molecule has 7 heteroatoms.